The lowest BCUT2D eigenvalue weighted by molar-refractivity contribution is -0.129. The summed E-state index contributed by atoms with van der Waals surface area (Å²) in [6.07, 6.45) is 1.21. The van der Waals surface area contributed by atoms with Crippen LogP contribution in [0.25, 0.3) is 0 Å². The summed E-state index contributed by atoms with van der Waals surface area (Å²) in [6, 6.07) is 7.79. The highest BCUT2D eigenvalue weighted by Gasteiger charge is 2.20. The molecule has 0 aromatic heterocycles. The van der Waals surface area contributed by atoms with Gasteiger partial charge in [-0.3, -0.25) is 9.59 Å². The molecule has 0 fully saturated rings. The normalized spacial score (nSPS) is 11.7. The maximum atomic E-state index is 12.0. The van der Waals surface area contributed by atoms with E-state index in [2.05, 4.69) is 5.32 Å². The molecule has 2 amide bonds. The zero-order valence-corrected chi connectivity index (χ0v) is 15.1. The minimum atomic E-state index is -1.98. The molecule has 7 nitrogen and oxygen atoms in total. The molecule has 1 rings (SSSR count). The molecule has 1 aromatic rings. The van der Waals surface area contributed by atoms with Crippen LogP contribution in [0.1, 0.15) is 37.3 Å². The summed E-state index contributed by atoms with van der Waals surface area (Å²) < 4.78 is 4.97. The van der Waals surface area contributed by atoms with Crippen LogP contribution in [0.3, 0.4) is 0 Å². The van der Waals surface area contributed by atoms with E-state index in [0.29, 0.717) is 12.8 Å². The Kier molecular flexibility index (Phi) is 9.19. The molecule has 0 aliphatic heterocycles. The number of nitrogens with zero attached hydrogens (tertiary/aromatic N) is 1. The number of carbonyl (C=O) groups is 2. The number of aryl methyl sites for hydroxylation is 1. The number of amides is 2. The predicted octanol–water partition coefficient (Wildman–Crippen LogP) is 0.478. The summed E-state index contributed by atoms with van der Waals surface area (Å²) in [7, 11) is 1.36. The molecule has 138 valence electrons. The summed E-state index contributed by atoms with van der Waals surface area (Å²) in [6.45, 7) is 2.04. The third-order valence-electron chi connectivity index (χ3n) is 3.72. The quantitative estimate of drug-likeness (QED) is 0.421. The molecule has 25 heavy (non-hydrogen) atoms. The van der Waals surface area contributed by atoms with E-state index in [1.807, 2.05) is 31.2 Å². The molecule has 0 saturated heterocycles. The van der Waals surface area contributed by atoms with Gasteiger partial charge in [0.25, 0.3) is 0 Å². The van der Waals surface area contributed by atoms with Gasteiger partial charge in [0, 0.05) is 33.4 Å². The van der Waals surface area contributed by atoms with E-state index in [-0.39, 0.29) is 24.7 Å². The molecule has 0 unspecified atom stereocenters. The van der Waals surface area contributed by atoms with Crippen molar-refractivity contribution in [3.8, 4) is 0 Å². The van der Waals surface area contributed by atoms with Crippen LogP contribution in [0, 0.1) is 0 Å². The van der Waals surface area contributed by atoms with Crippen molar-refractivity contribution < 1.29 is 24.3 Å². The number of nitrogens with one attached hydrogen (secondary N) is 1. The average Bonchev–Trinajstić information content (AvgIpc) is 2.54. The smallest absolute Gasteiger partial charge is 0.402 e. The summed E-state index contributed by atoms with van der Waals surface area (Å²) in [5.41, 5.74) is 2.07. The molecular weight excluding hydrogens is 323 g/mol. The molecule has 0 aliphatic carbocycles. The Morgan fingerprint density at radius 2 is 1.92 bits per heavy atom. The fourth-order valence-corrected chi connectivity index (χ4v) is 2.35. The van der Waals surface area contributed by atoms with Crippen LogP contribution in [0.2, 0.25) is 0 Å². The molecule has 0 aliphatic rings. The second-order valence-electron chi connectivity index (χ2n) is 6.04. The van der Waals surface area contributed by atoms with Crippen molar-refractivity contribution in [1.29, 1.82) is 0 Å². The minimum Gasteiger partial charge on any atom is -0.402 e. The average molecular weight is 350 g/mol. The van der Waals surface area contributed by atoms with Gasteiger partial charge in [-0.1, -0.05) is 31.2 Å². The zero-order chi connectivity index (χ0) is 18.8. The highest BCUT2D eigenvalue weighted by atomic mass is 16.6. The van der Waals surface area contributed by atoms with Gasteiger partial charge in [-0.15, -0.1) is 0 Å². The van der Waals surface area contributed by atoms with Crippen molar-refractivity contribution >= 4 is 19.1 Å². The van der Waals surface area contributed by atoms with Crippen molar-refractivity contribution in [3.63, 3.8) is 0 Å². The molecule has 1 aromatic carbocycles. The van der Waals surface area contributed by atoms with E-state index >= 15 is 0 Å². The lowest BCUT2D eigenvalue weighted by Crippen LogP contribution is -2.42. The number of hydrogen-bond donors (Lipinski definition) is 3. The third kappa shape index (κ3) is 8.67. The highest BCUT2D eigenvalue weighted by molar-refractivity contribution is 6.32. The molecule has 0 saturated carbocycles. The first-order chi connectivity index (χ1) is 11.8. The van der Waals surface area contributed by atoms with Gasteiger partial charge in [-0.05, 0) is 24.0 Å². The second kappa shape index (κ2) is 10.9. The molecule has 1 atom stereocenters. The summed E-state index contributed by atoms with van der Waals surface area (Å²) >= 11 is 0. The summed E-state index contributed by atoms with van der Waals surface area (Å²) in [4.78, 5) is 25.0. The first kappa shape index (κ1) is 21.1. The van der Waals surface area contributed by atoms with Crippen molar-refractivity contribution in [2.45, 2.75) is 45.3 Å². The molecule has 0 spiro atoms. The van der Waals surface area contributed by atoms with Gasteiger partial charge in [0.2, 0.25) is 11.8 Å². The molecule has 3 N–H and O–H groups in total. The summed E-state index contributed by atoms with van der Waals surface area (Å²) in [5, 5.41) is 20.7. The fraction of sp³-hybridized carbons (Fsp3) is 0.529. The minimum absolute atomic E-state index is 0.0391. The number of carbonyl (C=O) groups excluding carboxylic acids is 2. The van der Waals surface area contributed by atoms with Crippen molar-refractivity contribution in [2.75, 3.05) is 14.1 Å². The van der Waals surface area contributed by atoms with Crippen LogP contribution in [0.5, 0.6) is 0 Å². The van der Waals surface area contributed by atoms with Crippen molar-refractivity contribution in [3.05, 3.63) is 35.4 Å². The Hall–Kier alpha value is -1.90. The van der Waals surface area contributed by atoms with Gasteiger partial charge in [0.15, 0.2) is 0 Å². The van der Waals surface area contributed by atoms with Crippen molar-refractivity contribution in [1.82, 2.24) is 10.2 Å². The largest absolute Gasteiger partial charge is 0.635 e. The van der Waals surface area contributed by atoms with Crippen LogP contribution in [0.4, 0.5) is 0 Å². The fourth-order valence-electron chi connectivity index (χ4n) is 2.35. The first-order valence-corrected chi connectivity index (χ1v) is 8.40. The Morgan fingerprint density at radius 1 is 1.24 bits per heavy atom. The van der Waals surface area contributed by atoms with E-state index in [4.69, 9.17) is 14.7 Å². The zero-order valence-electron chi connectivity index (χ0n) is 15.1. The molecular formula is C17H27BN2O5. The van der Waals surface area contributed by atoms with E-state index in [1.165, 1.54) is 4.90 Å². The predicted molar refractivity (Wildman–Crippen MR) is 95.3 cm³/mol. The van der Waals surface area contributed by atoms with Gasteiger partial charge in [-0.25, -0.2) is 0 Å². The van der Waals surface area contributed by atoms with E-state index < -0.39 is 13.5 Å². The Morgan fingerprint density at radius 3 is 2.52 bits per heavy atom. The molecule has 0 bridgehead atoms. The van der Waals surface area contributed by atoms with Crippen LogP contribution >= 0.6 is 0 Å². The van der Waals surface area contributed by atoms with Gasteiger partial charge in [-0.2, -0.15) is 0 Å². The van der Waals surface area contributed by atoms with Gasteiger partial charge in [0.1, 0.15) is 6.23 Å². The lowest BCUT2D eigenvalue weighted by atomic mass is 10.1. The lowest BCUT2D eigenvalue weighted by Gasteiger charge is -2.20. The number of hydrogen-bond acceptors (Lipinski definition) is 5. The third-order valence-corrected chi connectivity index (χ3v) is 3.72. The number of benzene rings is 1. The maximum Gasteiger partial charge on any atom is 0.635 e. The van der Waals surface area contributed by atoms with Gasteiger partial charge in [0.05, 0.1) is 0 Å². The second-order valence-corrected chi connectivity index (χ2v) is 6.04. The first-order valence-electron chi connectivity index (χ1n) is 8.40. The van der Waals surface area contributed by atoms with Crippen LogP contribution < -0.4 is 5.32 Å². The Balaban J connectivity index is 2.57. The van der Waals surface area contributed by atoms with E-state index in [0.717, 1.165) is 17.5 Å². The van der Waals surface area contributed by atoms with Gasteiger partial charge >= 0.3 is 7.32 Å². The Bertz CT molecular complexity index is 566. The Labute approximate surface area is 149 Å². The van der Waals surface area contributed by atoms with E-state index in [9.17, 15) is 9.59 Å². The molecule has 0 radical (unpaired) electrons. The SMILES string of the molecule is CCc1cccc(C[C@H](NC(=O)CCCC(=O)N(C)C)OB(O)O)c1. The van der Waals surface area contributed by atoms with Crippen LogP contribution in [-0.4, -0.2) is 54.4 Å². The standard InChI is InChI=1S/C17H27BN2O5/c1-4-13-7-5-8-14(11-13)12-16(25-18(23)24)19-15(21)9-6-10-17(22)20(2)3/h5,7-8,11,16,23-24H,4,6,9-10,12H2,1-3H3,(H,19,21)/t16-/m1/s1. The summed E-state index contributed by atoms with van der Waals surface area (Å²) in [5.74, 6) is -0.341. The maximum absolute atomic E-state index is 12.0. The van der Waals surface area contributed by atoms with Crippen molar-refractivity contribution in [2.24, 2.45) is 0 Å². The molecule has 8 heteroatoms. The van der Waals surface area contributed by atoms with E-state index in [1.54, 1.807) is 14.1 Å². The van der Waals surface area contributed by atoms with Crippen LogP contribution in [0.15, 0.2) is 24.3 Å². The highest BCUT2D eigenvalue weighted by Crippen LogP contribution is 2.10. The van der Waals surface area contributed by atoms with Crippen LogP contribution in [-0.2, 0) is 27.1 Å². The van der Waals surface area contributed by atoms with Gasteiger partial charge < -0.3 is 24.9 Å². The monoisotopic (exact) mass is 350 g/mol. The number of rotatable bonds is 10. The molecule has 0 heterocycles. The topological polar surface area (TPSA) is 99.1 Å².